The average Bonchev–Trinajstić information content (AvgIpc) is 1.98. The van der Waals surface area contributed by atoms with Gasteiger partial charge in [-0.05, 0) is 5.92 Å². The third kappa shape index (κ3) is 0.934. The predicted octanol–water partition coefficient (Wildman–Crippen LogP) is 0.731. The molecule has 1 unspecified atom stereocenters. The molecule has 2 heteroatoms. The molecule has 1 aliphatic rings. The fraction of sp³-hybridized carbons (Fsp3) is 0.857. The Morgan fingerprint density at radius 1 is 1.56 bits per heavy atom. The molecule has 0 radical (unpaired) electrons. The molecule has 1 aliphatic heterocycles. The van der Waals surface area contributed by atoms with Gasteiger partial charge in [0.2, 0.25) is 5.91 Å². The van der Waals surface area contributed by atoms with Crippen molar-refractivity contribution in [2.75, 3.05) is 13.6 Å². The molecule has 52 valence electrons. The number of likely N-dealkylation sites (tertiary alicyclic amines) is 1. The Morgan fingerprint density at radius 2 is 2.11 bits per heavy atom. The van der Waals surface area contributed by atoms with Crippen molar-refractivity contribution < 1.29 is 4.79 Å². The highest BCUT2D eigenvalue weighted by atomic mass is 16.2. The molecule has 1 heterocycles. The summed E-state index contributed by atoms with van der Waals surface area (Å²) in [6, 6.07) is 0. The van der Waals surface area contributed by atoms with E-state index < -0.39 is 0 Å². The van der Waals surface area contributed by atoms with Crippen LogP contribution in [0.4, 0.5) is 0 Å². The van der Waals surface area contributed by atoms with Crippen LogP contribution in [0.1, 0.15) is 13.8 Å². The number of hydrogen-bond acceptors (Lipinski definition) is 1. The van der Waals surface area contributed by atoms with Crippen LogP contribution in [0.2, 0.25) is 0 Å². The van der Waals surface area contributed by atoms with Crippen LogP contribution < -0.4 is 0 Å². The minimum atomic E-state index is 0.245. The van der Waals surface area contributed by atoms with Gasteiger partial charge in [0.15, 0.2) is 0 Å². The Balaban J connectivity index is 2.65. The Labute approximate surface area is 55.8 Å². The first kappa shape index (κ1) is 6.59. The molecule has 0 N–H and O–H groups in total. The molecule has 0 aromatic rings. The third-order valence-corrected chi connectivity index (χ3v) is 2.18. The molecule has 0 bridgehead atoms. The zero-order valence-corrected chi connectivity index (χ0v) is 6.22. The van der Waals surface area contributed by atoms with Crippen LogP contribution in [-0.4, -0.2) is 24.4 Å². The van der Waals surface area contributed by atoms with Crippen LogP contribution in [0.25, 0.3) is 0 Å². The van der Waals surface area contributed by atoms with E-state index in [-0.39, 0.29) is 5.92 Å². The first-order valence-electron chi connectivity index (χ1n) is 3.38. The normalized spacial score (nSPS) is 35.9. The molecule has 1 amide bonds. The van der Waals surface area contributed by atoms with Gasteiger partial charge in [-0.15, -0.1) is 0 Å². The lowest BCUT2D eigenvalue weighted by Crippen LogP contribution is -2.21. The van der Waals surface area contributed by atoms with Crippen molar-refractivity contribution in [1.82, 2.24) is 4.90 Å². The minimum absolute atomic E-state index is 0.245. The van der Waals surface area contributed by atoms with Gasteiger partial charge in [0, 0.05) is 19.5 Å². The first-order valence-corrected chi connectivity index (χ1v) is 3.38. The van der Waals surface area contributed by atoms with E-state index in [4.69, 9.17) is 0 Å². The van der Waals surface area contributed by atoms with Gasteiger partial charge in [0.1, 0.15) is 0 Å². The molecule has 0 aromatic carbocycles. The van der Waals surface area contributed by atoms with Crippen molar-refractivity contribution in [2.24, 2.45) is 11.8 Å². The third-order valence-electron chi connectivity index (χ3n) is 2.18. The van der Waals surface area contributed by atoms with Crippen molar-refractivity contribution in [3.63, 3.8) is 0 Å². The number of carbonyl (C=O) groups is 1. The highest BCUT2D eigenvalue weighted by Crippen LogP contribution is 2.21. The van der Waals surface area contributed by atoms with Crippen LogP contribution in [0.15, 0.2) is 0 Å². The molecule has 0 aromatic heterocycles. The quantitative estimate of drug-likeness (QED) is 0.470. The zero-order chi connectivity index (χ0) is 7.02. The molecule has 1 saturated heterocycles. The molecule has 2 nitrogen and oxygen atoms in total. The fourth-order valence-electron chi connectivity index (χ4n) is 1.27. The average molecular weight is 127 g/mol. The zero-order valence-electron chi connectivity index (χ0n) is 6.22. The molecule has 1 rings (SSSR count). The van der Waals surface area contributed by atoms with Crippen molar-refractivity contribution in [3.8, 4) is 0 Å². The highest BCUT2D eigenvalue weighted by Gasteiger charge is 2.31. The summed E-state index contributed by atoms with van der Waals surface area (Å²) >= 11 is 0. The van der Waals surface area contributed by atoms with Crippen LogP contribution >= 0.6 is 0 Å². The maximum Gasteiger partial charge on any atom is 0.225 e. The molecule has 0 spiro atoms. The van der Waals surface area contributed by atoms with E-state index in [0.29, 0.717) is 11.8 Å². The van der Waals surface area contributed by atoms with Crippen molar-refractivity contribution in [2.45, 2.75) is 13.8 Å². The molecular weight excluding hydrogens is 114 g/mol. The van der Waals surface area contributed by atoms with Gasteiger partial charge < -0.3 is 4.90 Å². The van der Waals surface area contributed by atoms with Gasteiger partial charge in [-0.1, -0.05) is 13.8 Å². The van der Waals surface area contributed by atoms with E-state index in [1.165, 1.54) is 0 Å². The van der Waals surface area contributed by atoms with Crippen LogP contribution in [0.5, 0.6) is 0 Å². The highest BCUT2D eigenvalue weighted by molar-refractivity contribution is 5.80. The Morgan fingerprint density at radius 3 is 2.22 bits per heavy atom. The van der Waals surface area contributed by atoms with Crippen molar-refractivity contribution >= 4 is 5.91 Å². The number of rotatable bonds is 0. The van der Waals surface area contributed by atoms with E-state index in [9.17, 15) is 4.79 Å². The Hall–Kier alpha value is -0.530. The van der Waals surface area contributed by atoms with Crippen molar-refractivity contribution in [3.05, 3.63) is 0 Å². The lowest BCUT2D eigenvalue weighted by Gasteiger charge is -2.05. The molecule has 0 saturated carbocycles. The van der Waals surface area contributed by atoms with Gasteiger partial charge in [-0.25, -0.2) is 0 Å². The summed E-state index contributed by atoms with van der Waals surface area (Å²) < 4.78 is 0. The molecule has 9 heavy (non-hydrogen) atoms. The number of nitrogens with zero attached hydrogens (tertiary/aromatic N) is 1. The van der Waals surface area contributed by atoms with Gasteiger partial charge in [0.05, 0.1) is 0 Å². The van der Waals surface area contributed by atoms with Crippen molar-refractivity contribution in [1.29, 1.82) is 0 Å². The second-order valence-electron chi connectivity index (χ2n) is 2.98. The second kappa shape index (κ2) is 2.01. The summed E-state index contributed by atoms with van der Waals surface area (Å²) in [5, 5.41) is 0. The SMILES string of the molecule is CC1C(=O)N(C)C[C@@H]1C. The van der Waals surface area contributed by atoms with Crippen LogP contribution in [0.3, 0.4) is 0 Å². The topological polar surface area (TPSA) is 20.3 Å². The lowest BCUT2D eigenvalue weighted by molar-refractivity contribution is -0.129. The van der Waals surface area contributed by atoms with E-state index in [1.54, 1.807) is 4.90 Å². The smallest absolute Gasteiger partial charge is 0.225 e. The molecule has 0 aliphatic carbocycles. The summed E-state index contributed by atoms with van der Waals surface area (Å²) in [4.78, 5) is 12.8. The summed E-state index contributed by atoms with van der Waals surface area (Å²) in [6.07, 6.45) is 0. The van der Waals surface area contributed by atoms with Crippen LogP contribution in [-0.2, 0) is 4.79 Å². The van der Waals surface area contributed by atoms with Gasteiger partial charge in [0.25, 0.3) is 0 Å². The maximum atomic E-state index is 11.0. The summed E-state index contributed by atoms with van der Waals surface area (Å²) in [7, 11) is 1.86. The number of carbonyl (C=O) groups excluding carboxylic acids is 1. The van der Waals surface area contributed by atoms with E-state index in [1.807, 2.05) is 14.0 Å². The molecule has 2 atom stereocenters. The van der Waals surface area contributed by atoms with Crippen LogP contribution in [0, 0.1) is 11.8 Å². The summed E-state index contributed by atoms with van der Waals surface area (Å²) in [5.41, 5.74) is 0. The molecular formula is C7H13NO. The predicted molar refractivity (Wildman–Crippen MR) is 36.0 cm³/mol. The lowest BCUT2D eigenvalue weighted by atomic mass is 10.0. The monoisotopic (exact) mass is 127 g/mol. The standard InChI is InChI=1S/C7H13NO/c1-5-4-8(3)7(9)6(5)2/h5-6H,4H2,1-3H3/t5-,6?/m0/s1. The first-order chi connectivity index (χ1) is 4.13. The van der Waals surface area contributed by atoms with E-state index in [0.717, 1.165) is 6.54 Å². The van der Waals surface area contributed by atoms with E-state index in [2.05, 4.69) is 6.92 Å². The van der Waals surface area contributed by atoms with Gasteiger partial charge in [-0.3, -0.25) is 4.79 Å². The fourth-order valence-corrected chi connectivity index (χ4v) is 1.27. The Kier molecular flexibility index (Phi) is 1.47. The van der Waals surface area contributed by atoms with E-state index >= 15 is 0 Å². The summed E-state index contributed by atoms with van der Waals surface area (Å²) in [5.74, 6) is 1.08. The second-order valence-corrected chi connectivity index (χ2v) is 2.98. The van der Waals surface area contributed by atoms with Gasteiger partial charge >= 0.3 is 0 Å². The largest absolute Gasteiger partial charge is 0.345 e. The maximum absolute atomic E-state index is 11.0. The number of hydrogen-bond donors (Lipinski definition) is 0. The minimum Gasteiger partial charge on any atom is -0.345 e. The Bertz CT molecular complexity index is 133. The number of amides is 1. The summed E-state index contributed by atoms with van der Waals surface area (Å²) in [6.45, 7) is 5.04. The van der Waals surface area contributed by atoms with Gasteiger partial charge in [-0.2, -0.15) is 0 Å². The molecule has 1 fully saturated rings.